The summed E-state index contributed by atoms with van der Waals surface area (Å²) in [5.74, 6) is 0.675. The Labute approximate surface area is 206 Å². The summed E-state index contributed by atoms with van der Waals surface area (Å²) in [6.45, 7) is 5.96. The molecule has 9 heteroatoms. The first kappa shape index (κ1) is 24.3. The Balaban J connectivity index is 1.96. The Morgan fingerprint density at radius 2 is 1.89 bits per heavy atom. The molecule has 0 aliphatic carbocycles. The smallest absolute Gasteiger partial charge is 0.338 e. The van der Waals surface area contributed by atoms with Crippen LogP contribution in [0.5, 0.6) is 17.2 Å². The predicted molar refractivity (Wildman–Crippen MR) is 133 cm³/mol. The summed E-state index contributed by atoms with van der Waals surface area (Å²) >= 11 is 1.24. The lowest BCUT2D eigenvalue weighted by Gasteiger charge is -2.25. The summed E-state index contributed by atoms with van der Waals surface area (Å²) in [7, 11) is 1.55. The number of carbonyl (C=O) groups is 1. The van der Waals surface area contributed by atoms with Crippen molar-refractivity contribution in [3.8, 4) is 17.2 Å². The number of thiazole rings is 1. The van der Waals surface area contributed by atoms with Crippen molar-refractivity contribution in [1.29, 1.82) is 0 Å². The number of nitrogens with zero attached hydrogens (tertiary/aromatic N) is 2. The van der Waals surface area contributed by atoms with Crippen molar-refractivity contribution in [1.82, 2.24) is 4.57 Å². The van der Waals surface area contributed by atoms with Crippen LogP contribution in [0.4, 0.5) is 0 Å². The SMILES string of the molecule is CCOC(=O)C1=C(C)N=c2s/c(=C/c3ccc(O)cc3)c(=O)n2C1c1ccc(OC)c(OCC)c1. The topological polar surface area (TPSA) is 99.4 Å². The summed E-state index contributed by atoms with van der Waals surface area (Å²) in [5.41, 5.74) is 1.93. The van der Waals surface area contributed by atoms with E-state index in [-0.39, 0.29) is 17.9 Å². The van der Waals surface area contributed by atoms with E-state index in [1.54, 1.807) is 69.5 Å². The lowest BCUT2D eigenvalue weighted by atomic mass is 9.95. The molecule has 2 aromatic carbocycles. The Morgan fingerprint density at radius 1 is 1.14 bits per heavy atom. The number of phenolic OH excluding ortho intramolecular Hbond substituents is 1. The normalized spacial score (nSPS) is 15.4. The zero-order valence-corrected chi connectivity index (χ0v) is 20.7. The standard InChI is InChI=1S/C26H26N2O6S/c1-5-33-20-14-17(9-12-19(20)32-4)23-22(25(31)34-6-2)15(3)27-26-28(23)24(30)21(35-26)13-16-7-10-18(29)11-8-16/h7-14,23,29H,5-6H2,1-4H3/b21-13+. The van der Waals surface area contributed by atoms with E-state index in [9.17, 15) is 14.7 Å². The van der Waals surface area contributed by atoms with E-state index in [0.29, 0.717) is 44.3 Å². The zero-order valence-electron chi connectivity index (χ0n) is 19.9. The summed E-state index contributed by atoms with van der Waals surface area (Å²) < 4.78 is 18.5. The fourth-order valence-corrected chi connectivity index (χ4v) is 5.01. The van der Waals surface area contributed by atoms with Crippen LogP contribution in [0.1, 0.15) is 37.9 Å². The second-order valence-corrected chi connectivity index (χ2v) is 8.75. The molecule has 1 aromatic heterocycles. The number of aromatic nitrogens is 1. The molecule has 182 valence electrons. The van der Waals surface area contributed by atoms with Gasteiger partial charge in [0, 0.05) is 0 Å². The van der Waals surface area contributed by atoms with Crippen LogP contribution in [0, 0.1) is 0 Å². The van der Waals surface area contributed by atoms with Crippen LogP contribution in [0.15, 0.2) is 63.5 Å². The Kier molecular flexibility index (Phi) is 7.07. The third kappa shape index (κ3) is 4.72. The number of fused-ring (bicyclic) bond motifs is 1. The van der Waals surface area contributed by atoms with E-state index in [1.165, 1.54) is 15.9 Å². The van der Waals surface area contributed by atoms with Crippen molar-refractivity contribution in [3.63, 3.8) is 0 Å². The molecule has 1 aliphatic heterocycles. The molecule has 0 saturated carbocycles. The third-order valence-electron chi connectivity index (χ3n) is 5.51. The molecule has 0 spiro atoms. The number of benzene rings is 2. The first-order valence-corrected chi connectivity index (χ1v) is 12.0. The molecule has 0 saturated heterocycles. The molecule has 1 atom stereocenters. The number of ether oxygens (including phenoxy) is 3. The highest BCUT2D eigenvalue weighted by molar-refractivity contribution is 7.07. The Hall–Kier alpha value is -3.85. The van der Waals surface area contributed by atoms with Crippen LogP contribution in [-0.2, 0) is 9.53 Å². The van der Waals surface area contributed by atoms with E-state index in [2.05, 4.69) is 4.99 Å². The van der Waals surface area contributed by atoms with Crippen molar-refractivity contribution < 1.29 is 24.1 Å². The summed E-state index contributed by atoms with van der Waals surface area (Å²) in [6, 6.07) is 11.1. The summed E-state index contributed by atoms with van der Waals surface area (Å²) in [6.07, 6.45) is 1.74. The second kappa shape index (κ2) is 10.2. The number of rotatable bonds is 7. The second-order valence-electron chi connectivity index (χ2n) is 7.74. The molecule has 2 heterocycles. The molecule has 0 fully saturated rings. The van der Waals surface area contributed by atoms with Gasteiger partial charge in [-0.1, -0.05) is 29.5 Å². The van der Waals surface area contributed by atoms with Gasteiger partial charge in [0.1, 0.15) is 5.75 Å². The molecule has 1 unspecified atom stereocenters. The molecule has 3 aromatic rings. The number of allylic oxidation sites excluding steroid dienone is 1. The molecule has 0 bridgehead atoms. The summed E-state index contributed by atoms with van der Waals surface area (Å²) in [4.78, 5) is 31.7. The Morgan fingerprint density at radius 3 is 2.54 bits per heavy atom. The van der Waals surface area contributed by atoms with Gasteiger partial charge in [-0.25, -0.2) is 9.79 Å². The van der Waals surface area contributed by atoms with Crippen LogP contribution >= 0.6 is 11.3 Å². The van der Waals surface area contributed by atoms with Crippen molar-refractivity contribution >= 4 is 23.4 Å². The quantitative estimate of drug-likeness (QED) is 0.507. The molecular formula is C26H26N2O6S. The van der Waals surface area contributed by atoms with E-state index < -0.39 is 12.0 Å². The van der Waals surface area contributed by atoms with Crippen molar-refractivity contribution in [3.05, 3.63) is 84.5 Å². The van der Waals surface area contributed by atoms with Crippen LogP contribution in [0.2, 0.25) is 0 Å². The van der Waals surface area contributed by atoms with E-state index in [0.717, 1.165) is 5.56 Å². The van der Waals surface area contributed by atoms with E-state index in [1.807, 2.05) is 6.92 Å². The maximum atomic E-state index is 13.6. The van der Waals surface area contributed by atoms with E-state index >= 15 is 0 Å². The van der Waals surface area contributed by atoms with Gasteiger partial charge in [0.25, 0.3) is 5.56 Å². The molecular weight excluding hydrogens is 468 g/mol. The van der Waals surface area contributed by atoms with Gasteiger partial charge in [-0.15, -0.1) is 0 Å². The van der Waals surface area contributed by atoms with Gasteiger partial charge in [-0.2, -0.15) is 0 Å². The molecule has 4 rings (SSSR count). The molecule has 35 heavy (non-hydrogen) atoms. The van der Waals surface area contributed by atoms with E-state index in [4.69, 9.17) is 14.2 Å². The van der Waals surface area contributed by atoms with Crippen molar-refractivity contribution in [2.75, 3.05) is 20.3 Å². The van der Waals surface area contributed by atoms with Gasteiger partial charge >= 0.3 is 5.97 Å². The highest BCUT2D eigenvalue weighted by Gasteiger charge is 2.33. The van der Waals surface area contributed by atoms with Gasteiger partial charge in [-0.05, 0) is 62.2 Å². The number of esters is 1. The number of carbonyl (C=O) groups excluding carboxylic acids is 1. The van der Waals surface area contributed by atoms with Gasteiger partial charge in [0.2, 0.25) is 0 Å². The minimum Gasteiger partial charge on any atom is -0.508 e. The van der Waals surface area contributed by atoms with Gasteiger partial charge in [0.05, 0.1) is 42.2 Å². The van der Waals surface area contributed by atoms with Crippen molar-refractivity contribution in [2.24, 2.45) is 4.99 Å². The van der Waals surface area contributed by atoms with Crippen LogP contribution in [0.25, 0.3) is 6.08 Å². The molecule has 1 N–H and O–H groups in total. The largest absolute Gasteiger partial charge is 0.508 e. The van der Waals surface area contributed by atoms with Gasteiger partial charge in [-0.3, -0.25) is 9.36 Å². The first-order valence-electron chi connectivity index (χ1n) is 11.2. The number of aromatic hydroxyl groups is 1. The fourth-order valence-electron chi connectivity index (χ4n) is 3.96. The molecule has 0 radical (unpaired) electrons. The maximum absolute atomic E-state index is 13.6. The third-order valence-corrected chi connectivity index (χ3v) is 6.49. The van der Waals surface area contributed by atoms with Gasteiger partial charge < -0.3 is 19.3 Å². The first-order chi connectivity index (χ1) is 16.9. The highest BCUT2D eigenvalue weighted by Crippen LogP contribution is 2.36. The minimum atomic E-state index is -0.752. The maximum Gasteiger partial charge on any atom is 0.338 e. The average molecular weight is 495 g/mol. The number of phenols is 1. The molecule has 8 nitrogen and oxygen atoms in total. The summed E-state index contributed by atoms with van der Waals surface area (Å²) in [5, 5.41) is 9.56. The van der Waals surface area contributed by atoms with Crippen molar-refractivity contribution in [2.45, 2.75) is 26.8 Å². The van der Waals surface area contributed by atoms with Gasteiger partial charge in [0.15, 0.2) is 16.3 Å². The molecule has 0 amide bonds. The number of methoxy groups -OCH3 is 1. The number of hydrogen-bond acceptors (Lipinski definition) is 8. The fraction of sp³-hybridized carbons (Fsp3) is 0.269. The Bertz CT molecular complexity index is 1470. The predicted octanol–water partition coefficient (Wildman–Crippen LogP) is 2.91. The number of hydrogen-bond donors (Lipinski definition) is 1. The monoisotopic (exact) mass is 494 g/mol. The molecule has 1 aliphatic rings. The van der Waals surface area contributed by atoms with Crippen LogP contribution in [-0.4, -0.2) is 36.0 Å². The van der Waals surface area contributed by atoms with Crippen LogP contribution in [0.3, 0.4) is 0 Å². The lowest BCUT2D eigenvalue weighted by molar-refractivity contribution is -0.139. The average Bonchev–Trinajstić information content (AvgIpc) is 3.14. The zero-order chi connectivity index (χ0) is 25.1. The van der Waals surface area contributed by atoms with Crippen LogP contribution < -0.4 is 24.4 Å². The highest BCUT2D eigenvalue weighted by atomic mass is 32.1. The lowest BCUT2D eigenvalue weighted by Crippen LogP contribution is -2.40. The minimum absolute atomic E-state index is 0.142.